The van der Waals surface area contributed by atoms with E-state index in [1.165, 1.54) is 51.5 Å². The van der Waals surface area contributed by atoms with Gasteiger partial charge in [0.05, 0.1) is 15.1 Å². The summed E-state index contributed by atoms with van der Waals surface area (Å²) < 4.78 is 44.1. The Bertz CT molecular complexity index is 1550. The van der Waals surface area contributed by atoms with Gasteiger partial charge in [-0.2, -0.15) is 9.30 Å². The molecule has 0 saturated carbocycles. The highest BCUT2D eigenvalue weighted by molar-refractivity contribution is 7.89. The second-order valence-corrected chi connectivity index (χ2v) is 10.8. The lowest BCUT2D eigenvalue weighted by atomic mass is 10.0. The highest BCUT2D eigenvalue weighted by atomic mass is 32.2. The maximum atomic E-state index is 14.1. The van der Waals surface area contributed by atoms with E-state index in [1.54, 1.807) is 23.7 Å². The van der Waals surface area contributed by atoms with Gasteiger partial charge in [-0.05, 0) is 53.9 Å². The Morgan fingerprint density at radius 3 is 2.45 bits per heavy atom. The molecule has 5 rings (SSSR count). The summed E-state index contributed by atoms with van der Waals surface area (Å²) in [6.07, 6.45) is 0.664. The molecular weight excluding hydrogens is 461 g/mol. The maximum absolute atomic E-state index is 14.1. The van der Waals surface area contributed by atoms with Crippen molar-refractivity contribution in [1.82, 2.24) is 8.87 Å². The summed E-state index contributed by atoms with van der Waals surface area (Å²) in [5.41, 5.74) is 2.82. The molecule has 2 heterocycles. The van der Waals surface area contributed by atoms with Crippen molar-refractivity contribution in [2.75, 3.05) is 6.54 Å². The number of rotatable bonds is 3. The zero-order valence-corrected chi connectivity index (χ0v) is 19.4. The van der Waals surface area contributed by atoms with Crippen LogP contribution < -0.4 is 4.80 Å². The van der Waals surface area contributed by atoms with E-state index in [4.69, 9.17) is 0 Å². The second kappa shape index (κ2) is 8.33. The summed E-state index contributed by atoms with van der Waals surface area (Å²) in [6, 6.07) is 18.4. The predicted molar refractivity (Wildman–Crippen MR) is 125 cm³/mol. The van der Waals surface area contributed by atoms with Crippen LogP contribution in [0.1, 0.15) is 21.5 Å². The quantitative estimate of drug-likeness (QED) is 0.446. The lowest BCUT2D eigenvalue weighted by Gasteiger charge is -2.28. The molecule has 1 aliphatic rings. The molecule has 0 unspecified atom stereocenters. The minimum absolute atomic E-state index is 0.132. The second-order valence-electron chi connectivity index (χ2n) is 7.83. The third-order valence-electron chi connectivity index (χ3n) is 5.81. The maximum Gasteiger partial charge on any atom is 0.279 e. The highest BCUT2D eigenvalue weighted by Gasteiger charge is 2.28. The SMILES string of the molecule is Cn1c(=NC(=O)c2ccc(S(=O)(=O)N3CCc4ccccc4C3)cc2)sc2cccc(F)c21. The van der Waals surface area contributed by atoms with Gasteiger partial charge in [0.15, 0.2) is 4.80 Å². The Kier molecular flexibility index (Phi) is 5.48. The Morgan fingerprint density at radius 2 is 1.73 bits per heavy atom. The van der Waals surface area contributed by atoms with Gasteiger partial charge in [0.1, 0.15) is 5.82 Å². The van der Waals surface area contributed by atoms with E-state index in [0.29, 0.717) is 34.5 Å². The average molecular weight is 482 g/mol. The van der Waals surface area contributed by atoms with Crippen molar-refractivity contribution >= 4 is 37.5 Å². The molecule has 0 bridgehead atoms. The fourth-order valence-corrected chi connectivity index (χ4v) is 6.46. The molecule has 0 spiro atoms. The lowest BCUT2D eigenvalue weighted by molar-refractivity contribution is 0.0998. The van der Waals surface area contributed by atoms with Gasteiger partial charge in [-0.15, -0.1) is 0 Å². The van der Waals surface area contributed by atoms with Gasteiger partial charge in [-0.3, -0.25) is 4.79 Å². The van der Waals surface area contributed by atoms with Crippen molar-refractivity contribution in [2.45, 2.75) is 17.9 Å². The van der Waals surface area contributed by atoms with E-state index >= 15 is 0 Å². The molecule has 4 aromatic rings. The molecule has 1 aromatic heterocycles. The van der Waals surface area contributed by atoms with Crippen LogP contribution in [-0.4, -0.2) is 29.7 Å². The van der Waals surface area contributed by atoms with E-state index in [2.05, 4.69) is 4.99 Å². The fourth-order valence-electron chi connectivity index (χ4n) is 4.01. The van der Waals surface area contributed by atoms with Gasteiger partial charge in [-0.25, -0.2) is 12.8 Å². The summed E-state index contributed by atoms with van der Waals surface area (Å²) in [5.74, 6) is -0.900. The summed E-state index contributed by atoms with van der Waals surface area (Å²) >= 11 is 1.21. The Labute approximate surface area is 194 Å². The van der Waals surface area contributed by atoms with Crippen LogP contribution in [0.3, 0.4) is 0 Å². The normalized spacial score (nSPS) is 15.0. The number of fused-ring (bicyclic) bond motifs is 2. The van der Waals surface area contributed by atoms with Crippen molar-refractivity contribution in [2.24, 2.45) is 12.0 Å². The number of hydrogen-bond acceptors (Lipinski definition) is 4. The molecule has 1 amide bonds. The molecule has 9 heteroatoms. The average Bonchev–Trinajstić information content (AvgIpc) is 3.15. The monoisotopic (exact) mass is 481 g/mol. The first-order valence-corrected chi connectivity index (χ1v) is 12.6. The third kappa shape index (κ3) is 3.92. The number of amides is 1. The summed E-state index contributed by atoms with van der Waals surface area (Å²) in [6.45, 7) is 0.738. The zero-order valence-electron chi connectivity index (χ0n) is 17.7. The predicted octanol–water partition coefficient (Wildman–Crippen LogP) is 3.87. The van der Waals surface area contributed by atoms with Crippen LogP contribution in [0.25, 0.3) is 10.2 Å². The van der Waals surface area contributed by atoms with Crippen molar-refractivity contribution in [3.8, 4) is 0 Å². The number of hydrogen-bond donors (Lipinski definition) is 0. The Balaban J connectivity index is 1.41. The van der Waals surface area contributed by atoms with E-state index < -0.39 is 15.9 Å². The number of thiazole rings is 1. The molecule has 33 heavy (non-hydrogen) atoms. The smallest absolute Gasteiger partial charge is 0.279 e. The van der Waals surface area contributed by atoms with Crippen molar-refractivity contribution in [3.63, 3.8) is 0 Å². The molecule has 1 aliphatic heterocycles. The summed E-state index contributed by atoms with van der Waals surface area (Å²) in [4.78, 5) is 17.3. The largest absolute Gasteiger partial charge is 0.317 e. The number of benzene rings is 3. The van der Waals surface area contributed by atoms with E-state index in [1.807, 2.05) is 24.3 Å². The number of nitrogens with zero attached hydrogens (tertiary/aromatic N) is 3. The van der Waals surface area contributed by atoms with Gasteiger partial charge < -0.3 is 4.57 Å². The number of sulfonamides is 1. The molecule has 3 aromatic carbocycles. The number of aryl methyl sites for hydroxylation is 1. The standard InChI is InChI=1S/C24H20FN3O3S2/c1-27-22-20(25)7-4-8-21(22)32-24(27)26-23(29)17-9-11-19(12-10-17)33(30,31)28-14-13-16-5-2-3-6-18(16)15-28/h2-12H,13-15H2,1H3. The lowest BCUT2D eigenvalue weighted by Crippen LogP contribution is -2.35. The number of aromatic nitrogens is 1. The van der Waals surface area contributed by atoms with Crippen molar-refractivity contribution < 1.29 is 17.6 Å². The number of carbonyl (C=O) groups excluding carboxylic acids is 1. The van der Waals surface area contributed by atoms with E-state index in [9.17, 15) is 17.6 Å². The molecule has 168 valence electrons. The van der Waals surface area contributed by atoms with Gasteiger partial charge in [0.25, 0.3) is 5.91 Å². The zero-order chi connectivity index (χ0) is 23.2. The molecule has 0 aliphatic carbocycles. The van der Waals surface area contributed by atoms with Crippen LogP contribution in [0.2, 0.25) is 0 Å². The molecule has 0 saturated heterocycles. The Morgan fingerprint density at radius 1 is 1.00 bits per heavy atom. The minimum atomic E-state index is -3.69. The first-order chi connectivity index (χ1) is 15.8. The van der Waals surface area contributed by atoms with Crippen LogP contribution in [-0.2, 0) is 30.0 Å². The van der Waals surface area contributed by atoms with Crippen LogP contribution in [0.15, 0.2) is 76.6 Å². The van der Waals surface area contributed by atoms with Gasteiger partial charge in [0, 0.05) is 25.7 Å². The minimum Gasteiger partial charge on any atom is -0.317 e. The molecule has 0 fully saturated rings. The third-order valence-corrected chi connectivity index (χ3v) is 8.76. The number of halogens is 1. The Hall–Kier alpha value is -3.14. The summed E-state index contributed by atoms with van der Waals surface area (Å²) in [5, 5.41) is 0. The number of para-hydroxylation sites is 1. The van der Waals surface area contributed by atoms with Crippen LogP contribution in [0, 0.1) is 5.82 Å². The molecule has 0 N–H and O–H groups in total. The van der Waals surface area contributed by atoms with E-state index in [-0.39, 0.29) is 16.3 Å². The van der Waals surface area contributed by atoms with E-state index in [0.717, 1.165) is 5.56 Å². The molecule has 0 atom stereocenters. The molecule has 6 nitrogen and oxygen atoms in total. The van der Waals surface area contributed by atoms with Gasteiger partial charge in [0.2, 0.25) is 10.0 Å². The first kappa shape index (κ1) is 21.7. The van der Waals surface area contributed by atoms with Gasteiger partial charge in [-0.1, -0.05) is 41.7 Å². The first-order valence-electron chi connectivity index (χ1n) is 10.3. The fraction of sp³-hybridized carbons (Fsp3) is 0.167. The highest BCUT2D eigenvalue weighted by Crippen LogP contribution is 2.25. The summed E-state index contributed by atoms with van der Waals surface area (Å²) in [7, 11) is -2.03. The van der Waals surface area contributed by atoms with Crippen LogP contribution in [0.5, 0.6) is 0 Å². The molecule has 0 radical (unpaired) electrons. The van der Waals surface area contributed by atoms with Crippen molar-refractivity contribution in [1.29, 1.82) is 0 Å². The van der Waals surface area contributed by atoms with Crippen molar-refractivity contribution in [3.05, 3.63) is 94.0 Å². The topological polar surface area (TPSA) is 71.7 Å². The number of carbonyl (C=O) groups is 1. The van der Waals surface area contributed by atoms with Crippen LogP contribution in [0.4, 0.5) is 4.39 Å². The van der Waals surface area contributed by atoms with Crippen LogP contribution >= 0.6 is 11.3 Å². The molecular formula is C24H20FN3O3S2. The van der Waals surface area contributed by atoms with Gasteiger partial charge >= 0.3 is 0 Å².